The van der Waals surface area contributed by atoms with Crippen LogP contribution in [0.25, 0.3) is 11.4 Å². The molecule has 2 heterocycles. The number of carbonyl (C=O) groups excluding carboxylic acids is 3. The van der Waals surface area contributed by atoms with E-state index in [1.165, 1.54) is 0 Å². The molecule has 0 bridgehead atoms. The van der Waals surface area contributed by atoms with Crippen molar-refractivity contribution in [3.8, 4) is 11.4 Å². The van der Waals surface area contributed by atoms with Crippen LogP contribution in [0.5, 0.6) is 0 Å². The third kappa shape index (κ3) is 5.15. The maximum absolute atomic E-state index is 12.4. The summed E-state index contributed by atoms with van der Waals surface area (Å²) in [6.07, 6.45) is 0.110. The normalized spacial score (nSPS) is 15.6. The van der Waals surface area contributed by atoms with Crippen LogP contribution in [0, 0.1) is 12.8 Å². The van der Waals surface area contributed by atoms with Gasteiger partial charge in [0.15, 0.2) is 0 Å². The number of rotatable bonds is 6. The zero-order chi connectivity index (χ0) is 22.5. The first-order valence-electron chi connectivity index (χ1n) is 10.2. The summed E-state index contributed by atoms with van der Waals surface area (Å²) >= 11 is 0. The number of tetrazole rings is 1. The summed E-state index contributed by atoms with van der Waals surface area (Å²) in [5.41, 5.74) is 7.67. The number of benzene rings is 2. The number of carbonyl (C=O) groups is 3. The molecule has 1 aliphatic heterocycles. The van der Waals surface area contributed by atoms with Gasteiger partial charge in [-0.15, -0.1) is 10.2 Å². The molecular weight excluding hydrogens is 410 g/mol. The van der Waals surface area contributed by atoms with E-state index < -0.39 is 17.7 Å². The molecule has 0 aliphatic carbocycles. The molecule has 10 heteroatoms. The predicted octanol–water partition coefficient (Wildman–Crippen LogP) is 0.845. The van der Waals surface area contributed by atoms with E-state index in [2.05, 4.69) is 26.3 Å². The summed E-state index contributed by atoms with van der Waals surface area (Å²) in [4.78, 5) is 39.7. The highest BCUT2D eigenvalue weighted by molar-refractivity contribution is 5.90. The van der Waals surface area contributed by atoms with Gasteiger partial charge < -0.3 is 4.90 Å². The lowest BCUT2D eigenvalue weighted by Crippen LogP contribution is -2.46. The minimum absolute atomic E-state index is 0.0858. The zero-order valence-electron chi connectivity index (χ0n) is 17.6. The summed E-state index contributed by atoms with van der Waals surface area (Å²) < 4.78 is 0. The Morgan fingerprint density at radius 1 is 1.06 bits per heavy atom. The number of nitrogens with one attached hydrogen (secondary N) is 2. The second-order valence-electron chi connectivity index (χ2n) is 7.71. The summed E-state index contributed by atoms with van der Waals surface area (Å²) in [5, 5.41) is 11.9. The van der Waals surface area contributed by atoms with Gasteiger partial charge in [-0.25, -0.2) is 0 Å². The van der Waals surface area contributed by atoms with Crippen molar-refractivity contribution < 1.29 is 14.4 Å². The number of aryl methyl sites for hydroxylation is 1. The fraction of sp³-hybridized carbons (Fsp3) is 0.273. The van der Waals surface area contributed by atoms with Crippen LogP contribution in [-0.2, 0) is 27.5 Å². The molecule has 1 aromatic heterocycles. The number of amides is 3. The van der Waals surface area contributed by atoms with Crippen molar-refractivity contribution in [3.63, 3.8) is 0 Å². The molecular formula is C22H23N7O3. The van der Waals surface area contributed by atoms with Crippen molar-refractivity contribution in [2.24, 2.45) is 5.92 Å². The van der Waals surface area contributed by atoms with E-state index in [0.717, 1.165) is 21.5 Å². The Morgan fingerprint density at radius 3 is 2.56 bits per heavy atom. The van der Waals surface area contributed by atoms with Gasteiger partial charge in [0.1, 0.15) is 6.54 Å². The van der Waals surface area contributed by atoms with Crippen LogP contribution in [0.3, 0.4) is 0 Å². The van der Waals surface area contributed by atoms with E-state index in [-0.39, 0.29) is 18.9 Å². The second kappa shape index (κ2) is 9.38. The van der Waals surface area contributed by atoms with E-state index in [1.54, 1.807) is 4.90 Å². The lowest BCUT2D eigenvalue weighted by atomic mass is 10.1. The maximum atomic E-state index is 12.4. The largest absolute Gasteiger partial charge is 0.338 e. The van der Waals surface area contributed by atoms with Crippen molar-refractivity contribution in [1.29, 1.82) is 0 Å². The van der Waals surface area contributed by atoms with Crippen LogP contribution in [0.4, 0.5) is 0 Å². The minimum atomic E-state index is -0.526. The minimum Gasteiger partial charge on any atom is -0.338 e. The third-order valence-electron chi connectivity index (χ3n) is 5.17. The van der Waals surface area contributed by atoms with Gasteiger partial charge in [-0.3, -0.25) is 25.2 Å². The summed E-state index contributed by atoms with van der Waals surface area (Å²) in [5.74, 6) is -1.12. The van der Waals surface area contributed by atoms with Crippen LogP contribution in [0.15, 0.2) is 54.6 Å². The van der Waals surface area contributed by atoms with Crippen molar-refractivity contribution in [2.75, 3.05) is 6.54 Å². The molecule has 1 aliphatic rings. The van der Waals surface area contributed by atoms with E-state index in [0.29, 0.717) is 18.9 Å². The monoisotopic (exact) mass is 433 g/mol. The van der Waals surface area contributed by atoms with Crippen LogP contribution in [0.1, 0.15) is 17.5 Å². The third-order valence-corrected chi connectivity index (χ3v) is 5.17. The van der Waals surface area contributed by atoms with Crippen molar-refractivity contribution in [1.82, 2.24) is 36.0 Å². The molecule has 2 N–H and O–H groups in total. The van der Waals surface area contributed by atoms with Crippen molar-refractivity contribution >= 4 is 17.7 Å². The van der Waals surface area contributed by atoms with Crippen molar-refractivity contribution in [2.45, 2.75) is 26.4 Å². The highest BCUT2D eigenvalue weighted by atomic mass is 16.2. The molecule has 2 aromatic carbocycles. The average molecular weight is 433 g/mol. The Hall–Kier alpha value is -4.08. The first-order valence-corrected chi connectivity index (χ1v) is 10.2. The first kappa shape index (κ1) is 21.2. The highest BCUT2D eigenvalue weighted by Crippen LogP contribution is 2.20. The lowest BCUT2D eigenvalue weighted by Gasteiger charge is -2.17. The van der Waals surface area contributed by atoms with Crippen LogP contribution in [0.2, 0.25) is 0 Å². The molecule has 0 unspecified atom stereocenters. The van der Waals surface area contributed by atoms with Gasteiger partial charge >= 0.3 is 0 Å². The Morgan fingerprint density at radius 2 is 1.81 bits per heavy atom. The number of hydrazine groups is 1. The van der Waals surface area contributed by atoms with Gasteiger partial charge in [-0.2, -0.15) is 4.80 Å². The lowest BCUT2D eigenvalue weighted by molar-refractivity contribution is -0.131. The Balaban J connectivity index is 1.25. The van der Waals surface area contributed by atoms with E-state index in [9.17, 15) is 14.4 Å². The van der Waals surface area contributed by atoms with Gasteiger partial charge in [-0.1, -0.05) is 60.2 Å². The molecule has 32 heavy (non-hydrogen) atoms. The number of hydrogen-bond acceptors (Lipinski definition) is 6. The zero-order valence-corrected chi connectivity index (χ0v) is 17.6. The van der Waals surface area contributed by atoms with Gasteiger partial charge in [0.2, 0.25) is 17.6 Å². The molecule has 4 rings (SSSR count). The quantitative estimate of drug-likeness (QED) is 0.556. The molecule has 1 saturated heterocycles. The molecule has 3 amide bonds. The molecule has 1 fully saturated rings. The van der Waals surface area contributed by atoms with Crippen LogP contribution >= 0.6 is 0 Å². The highest BCUT2D eigenvalue weighted by Gasteiger charge is 2.34. The Kier molecular flexibility index (Phi) is 6.20. The Bertz CT molecular complexity index is 1110. The van der Waals surface area contributed by atoms with E-state index in [4.69, 9.17) is 0 Å². The average Bonchev–Trinajstić information content (AvgIpc) is 3.41. The van der Waals surface area contributed by atoms with Gasteiger partial charge in [-0.05, 0) is 17.7 Å². The van der Waals surface area contributed by atoms with E-state index in [1.807, 2.05) is 61.5 Å². The molecule has 3 aromatic rings. The van der Waals surface area contributed by atoms with Crippen LogP contribution in [-0.4, -0.2) is 49.4 Å². The topological polar surface area (TPSA) is 122 Å². The van der Waals surface area contributed by atoms with Gasteiger partial charge in [0.25, 0.3) is 5.91 Å². The van der Waals surface area contributed by atoms with Crippen molar-refractivity contribution in [3.05, 3.63) is 65.7 Å². The fourth-order valence-electron chi connectivity index (χ4n) is 3.43. The SMILES string of the molecule is Cc1ccc(CN2C[C@H](C(=O)NNC(=O)Cn3nnc(-c4ccccc4)n3)CC2=O)cc1. The summed E-state index contributed by atoms with van der Waals surface area (Å²) in [6, 6.07) is 17.2. The standard InChI is InChI=1S/C22H23N7O3/c1-15-7-9-16(10-8-15)12-28-13-18(11-20(28)31)22(32)25-23-19(30)14-29-26-21(24-27-29)17-5-3-2-4-6-17/h2-10,18H,11-14H2,1H3,(H,23,30)(H,25,32)/t18-/m1/s1. The molecule has 0 radical (unpaired) electrons. The fourth-order valence-corrected chi connectivity index (χ4v) is 3.43. The first-order chi connectivity index (χ1) is 15.5. The van der Waals surface area contributed by atoms with Gasteiger partial charge in [0.05, 0.1) is 5.92 Å². The number of likely N-dealkylation sites (tertiary alicyclic amines) is 1. The molecule has 1 atom stereocenters. The summed E-state index contributed by atoms with van der Waals surface area (Å²) in [6.45, 7) is 2.56. The van der Waals surface area contributed by atoms with Crippen LogP contribution < -0.4 is 10.9 Å². The van der Waals surface area contributed by atoms with Gasteiger partial charge in [0, 0.05) is 25.1 Å². The predicted molar refractivity (Wildman–Crippen MR) is 114 cm³/mol. The molecule has 164 valence electrons. The summed E-state index contributed by atoms with van der Waals surface area (Å²) in [7, 11) is 0. The molecule has 0 saturated carbocycles. The number of nitrogens with zero attached hydrogens (tertiary/aromatic N) is 5. The Labute approximate surface area is 184 Å². The van der Waals surface area contributed by atoms with E-state index >= 15 is 0 Å². The maximum Gasteiger partial charge on any atom is 0.262 e. The number of hydrogen-bond donors (Lipinski definition) is 2. The molecule has 10 nitrogen and oxygen atoms in total. The smallest absolute Gasteiger partial charge is 0.262 e. The number of aromatic nitrogens is 4. The second-order valence-corrected chi connectivity index (χ2v) is 7.71. The molecule has 0 spiro atoms.